The topological polar surface area (TPSA) is 58.2 Å². The molecule has 2 unspecified atom stereocenters. The first-order valence-electron chi connectivity index (χ1n) is 7.36. The van der Waals surface area contributed by atoms with Crippen LogP contribution >= 0.6 is 0 Å². The molecule has 1 heterocycles. The molecule has 112 valence electrons. The lowest BCUT2D eigenvalue weighted by Crippen LogP contribution is -2.46. The van der Waals surface area contributed by atoms with E-state index in [1.807, 2.05) is 19.1 Å². The van der Waals surface area contributed by atoms with E-state index < -0.39 is 9.84 Å². The van der Waals surface area contributed by atoms with Gasteiger partial charge in [0, 0.05) is 12.1 Å². The molecule has 0 bridgehead atoms. The van der Waals surface area contributed by atoms with E-state index in [1.54, 1.807) is 12.1 Å². The largest absolute Gasteiger partial charge is 0.380 e. The van der Waals surface area contributed by atoms with Crippen molar-refractivity contribution in [2.45, 2.75) is 50.1 Å². The summed E-state index contributed by atoms with van der Waals surface area (Å²) in [7, 11) is -3.19. The summed E-state index contributed by atoms with van der Waals surface area (Å²) in [6.07, 6.45) is 2.82. The van der Waals surface area contributed by atoms with E-state index in [2.05, 4.69) is 17.6 Å². The van der Waals surface area contributed by atoms with Crippen LogP contribution in [0.3, 0.4) is 0 Å². The number of anilines is 1. The molecule has 5 heteroatoms. The molecular formula is C15H24N2O2S. The van der Waals surface area contributed by atoms with Crippen LogP contribution < -0.4 is 10.6 Å². The Labute approximate surface area is 121 Å². The third-order valence-electron chi connectivity index (χ3n) is 3.80. The number of hydrogen-bond donors (Lipinski definition) is 2. The summed E-state index contributed by atoms with van der Waals surface area (Å²) in [5.74, 6) is 0.199. The zero-order valence-electron chi connectivity index (χ0n) is 12.2. The molecule has 2 N–H and O–H groups in total. The minimum absolute atomic E-state index is 0.199. The monoisotopic (exact) mass is 296 g/mol. The molecule has 0 amide bonds. The molecule has 20 heavy (non-hydrogen) atoms. The predicted octanol–water partition coefficient (Wildman–Crippen LogP) is 2.42. The maximum Gasteiger partial charge on any atom is 0.180 e. The molecule has 0 aromatic heterocycles. The maximum atomic E-state index is 12.3. The van der Waals surface area contributed by atoms with Crippen LogP contribution in [0.25, 0.3) is 0 Å². The number of hydrogen-bond acceptors (Lipinski definition) is 4. The lowest BCUT2D eigenvalue weighted by Gasteiger charge is -2.32. The SMILES string of the molecule is CCCS(=O)(=O)c1ccccc1NC1CCCNC1C. The van der Waals surface area contributed by atoms with E-state index >= 15 is 0 Å². The molecule has 0 aliphatic carbocycles. The first kappa shape index (κ1) is 15.3. The van der Waals surface area contributed by atoms with Crippen molar-refractivity contribution in [1.29, 1.82) is 0 Å². The normalized spacial score (nSPS) is 23.5. The second-order valence-corrected chi connectivity index (χ2v) is 7.53. The van der Waals surface area contributed by atoms with Gasteiger partial charge in [0.25, 0.3) is 0 Å². The Kier molecular flexibility index (Phi) is 5.05. The van der Waals surface area contributed by atoms with Crippen LogP contribution in [0.15, 0.2) is 29.2 Å². The van der Waals surface area contributed by atoms with Crippen molar-refractivity contribution in [3.63, 3.8) is 0 Å². The maximum absolute atomic E-state index is 12.3. The first-order chi connectivity index (χ1) is 9.54. The van der Waals surface area contributed by atoms with Gasteiger partial charge in [-0.1, -0.05) is 19.1 Å². The average molecular weight is 296 g/mol. The van der Waals surface area contributed by atoms with Gasteiger partial charge in [0.05, 0.1) is 16.3 Å². The Bertz CT molecular complexity index is 543. The molecule has 1 saturated heterocycles. The fraction of sp³-hybridized carbons (Fsp3) is 0.600. The second kappa shape index (κ2) is 6.59. The summed E-state index contributed by atoms with van der Waals surface area (Å²) in [6.45, 7) is 5.07. The summed E-state index contributed by atoms with van der Waals surface area (Å²) in [5.41, 5.74) is 0.738. The Morgan fingerprint density at radius 1 is 1.35 bits per heavy atom. The van der Waals surface area contributed by atoms with Gasteiger partial charge in [0.2, 0.25) is 0 Å². The van der Waals surface area contributed by atoms with Crippen molar-refractivity contribution in [3.8, 4) is 0 Å². The van der Waals surface area contributed by atoms with Crippen LogP contribution in [0.4, 0.5) is 5.69 Å². The van der Waals surface area contributed by atoms with Crippen LogP contribution in [0.5, 0.6) is 0 Å². The number of rotatable bonds is 5. The Hall–Kier alpha value is -1.07. The van der Waals surface area contributed by atoms with Crippen LogP contribution in [0, 0.1) is 0 Å². The molecule has 2 atom stereocenters. The highest BCUT2D eigenvalue weighted by atomic mass is 32.2. The summed E-state index contributed by atoms with van der Waals surface area (Å²) in [5, 5.41) is 6.85. The second-order valence-electron chi connectivity index (χ2n) is 5.45. The van der Waals surface area contributed by atoms with Crippen molar-refractivity contribution in [2.75, 3.05) is 17.6 Å². The molecular weight excluding hydrogens is 272 g/mol. The van der Waals surface area contributed by atoms with Crippen molar-refractivity contribution in [3.05, 3.63) is 24.3 Å². The fourth-order valence-corrected chi connectivity index (χ4v) is 4.18. The van der Waals surface area contributed by atoms with E-state index in [-0.39, 0.29) is 11.8 Å². The van der Waals surface area contributed by atoms with E-state index in [0.717, 1.165) is 25.1 Å². The van der Waals surface area contributed by atoms with Crippen molar-refractivity contribution in [2.24, 2.45) is 0 Å². The lowest BCUT2D eigenvalue weighted by molar-refractivity contribution is 0.389. The summed E-state index contributed by atoms with van der Waals surface area (Å²) >= 11 is 0. The van der Waals surface area contributed by atoms with E-state index in [9.17, 15) is 8.42 Å². The number of benzene rings is 1. The van der Waals surface area contributed by atoms with Crippen LogP contribution in [0.2, 0.25) is 0 Å². The Balaban J connectivity index is 2.24. The van der Waals surface area contributed by atoms with Gasteiger partial charge in [-0.3, -0.25) is 0 Å². The van der Waals surface area contributed by atoms with Crippen molar-refractivity contribution in [1.82, 2.24) is 5.32 Å². The third-order valence-corrected chi connectivity index (χ3v) is 5.77. The zero-order chi connectivity index (χ0) is 14.6. The molecule has 4 nitrogen and oxygen atoms in total. The van der Waals surface area contributed by atoms with Crippen LogP contribution in [-0.4, -0.2) is 32.8 Å². The first-order valence-corrected chi connectivity index (χ1v) is 9.01. The van der Waals surface area contributed by atoms with Gasteiger partial charge in [-0.25, -0.2) is 8.42 Å². The van der Waals surface area contributed by atoms with Crippen molar-refractivity contribution >= 4 is 15.5 Å². The number of sulfone groups is 1. The third kappa shape index (κ3) is 3.52. The highest BCUT2D eigenvalue weighted by Gasteiger charge is 2.23. The lowest BCUT2D eigenvalue weighted by atomic mass is 9.99. The average Bonchev–Trinajstić information content (AvgIpc) is 2.42. The highest BCUT2D eigenvalue weighted by molar-refractivity contribution is 7.91. The van der Waals surface area contributed by atoms with Gasteiger partial charge in [0.1, 0.15) is 0 Å². The Morgan fingerprint density at radius 2 is 2.10 bits per heavy atom. The molecule has 1 aliphatic rings. The minimum Gasteiger partial charge on any atom is -0.380 e. The molecule has 1 aromatic rings. The van der Waals surface area contributed by atoms with Gasteiger partial charge < -0.3 is 10.6 Å². The number of nitrogens with one attached hydrogen (secondary N) is 2. The number of piperidine rings is 1. The summed E-state index contributed by atoms with van der Waals surface area (Å²) in [4.78, 5) is 0.430. The minimum atomic E-state index is -3.19. The standard InChI is InChI=1S/C15H24N2O2S/c1-3-11-20(18,19)15-9-5-4-7-14(15)17-13-8-6-10-16-12(13)2/h4-5,7,9,12-13,16-17H,3,6,8,10-11H2,1-2H3. The van der Waals surface area contributed by atoms with Crippen LogP contribution in [-0.2, 0) is 9.84 Å². The zero-order valence-corrected chi connectivity index (χ0v) is 13.0. The molecule has 1 fully saturated rings. The van der Waals surface area contributed by atoms with Gasteiger partial charge >= 0.3 is 0 Å². The quantitative estimate of drug-likeness (QED) is 0.876. The van der Waals surface area contributed by atoms with Crippen LogP contribution in [0.1, 0.15) is 33.1 Å². The smallest absolute Gasteiger partial charge is 0.180 e. The van der Waals surface area contributed by atoms with E-state index in [4.69, 9.17) is 0 Å². The van der Waals surface area contributed by atoms with E-state index in [1.165, 1.54) is 0 Å². The summed E-state index contributed by atoms with van der Waals surface area (Å²) in [6, 6.07) is 7.87. The molecule has 1 aliphatic heterocycles. The molecule has 1 aromatic carbocycles. The summed E-state index contributed by atoms with van der Waals surface area (Å²) < 4.78 is 24.6. The fourth-order valence-electron chi connectivity index (χ4n) is 2.68. The Morgan fingerprint density at radius 3 is 2.80 bits per heavy atom. The van der Waals surface area contributed by atoms with Gasteiger partial charge in [-0.2, -0.15) is 0 Å². The number of para-hydroxylation sites is 1. The highest BCUT2D eigenvalue weighted by Crippen LogP contribution is 2.25. The van der Waals surface area contributed by atoms with Gasteiger partial charge in [0.15, 0.2) is 9.84 Å². The predicted molar refractivity (Wildman–Crippen MR) is 82.9 cm³/mol. The molecule has 0 spiro atoms. The molecule has 2 rings (SSSR count). The van der Waals surface area contributed by atoms with Gasteiger partial charge in [-0.15, -0.1) is 0 Å². The van der Waals surface area contributed by atoms with Gasteiger partial charge in [-0.05, 0) is 44.9 Å². The molecule has 0 radical (unpaired) electrons. The van der Waals surface area contributed by atoms with E-state index in [0.29, 0.717) is 17.4 Å². The van der Waals surface area contributed by atoms with Crippen molar-refractivity contribution < 1.29 is 8.42 Å². The molecule has 0 saturated carbocycles.